The zero-order chi connectivity index (χ0) is 8.27. The number of imide groups is 1. The molecule has 3 heteroatoms. The third-order valence-electron chi connectivity index (χ3n) is 1.58. The Morgan fingerprint density at radius 1 is 1.36 bits per heavy atom. The van der Waals surface area contributed by atoms with Crippen LogP contribution in [0.3, 0.4) is 0 Å². The molecule has 60 valence electrons. The highest BCUT2D eigenvalue weighted by atomic mass is 16.2. The van der Waals surface area contributed by atoms with Crippen LogP contribution in [0.4, 0.5) is 0 Å². The molecule has 1 aliphatic heterocycles. The lowest BCUT2D eigenvalue weighted by Crippen LogP contribution is -2.22. The first-order valence-corrected chi connectivity index (χ1v) is 3.77. The maximum Gasteiger partial charge on any atom is 0.233 e. The minimum absolute atomic E-state index is 0.0836. The maximum atomic E-state index is 10.9. The number of carbonyl (C=O) groups is 2. The second-order valence-electron chi connectivity index (χ2n) is 2.45. The van der Waals surface area contributed by atoms with Gasteiger partial charge in [-0.1, -0.05) is 13.0 Å². The van der Waals surface area contributed by atoms with E-state index in [2.05, 4.69) is 0 Å². The van der Waals surface area contributed by atoms with E-state index >= 15 is 0 Å². The van der Waals surface area contributed by atoms with Gasteiger partial charge in [-0.3, -0.25) is 14.5 Å². The van der Waals surface area contributed by atoms with E-state index in [1.807, 2.05) is 6.92 Å². The highest BCUT2D eigenvalue weighted by Gasteiger charge is 2.26. The Hall–Kier alpha value is -1.12. The molecule has 1 aliphatic rings. The van der Waals surface area contributed by atoms with Crippen molar-refractivity contribution < 1.29 is 9.59 Å². The van der Waals surface area contributed by atoms with Crippen molar-refractivity contribution in [3.63, 3.8) is 0 Å². The first-order valence-electron chi connectivity index (χ1n) is 3.77. The van der Waals surface area contributed by atoms with Crippen LogP contribution in [-0.4, -0.2) is 16.7 Å². The fraction of sp³-hybridized carbons (Fsp3) is 0.500. The van der Waals surface area contributed by atoms with Gasteiger partial charge in [0.1, 0.15) is 0 Å². The van der Waals surface area contributed by atoms with Crippen molar-refractivity contribution in [1.82, 2.24) is 4.90 Å². The summed E-state index contributed by atoms with van der Waals surface area (Å²) in [5.41, 5.74) is 0. The van der Waals surface area contributed by atoms with Crippen molar-refractivity contribution in [2.45, 2.75) is 26.2 Å². The molecule has 1 saturated heterocycles. The minimum atomic E-state index is -0.0836. The quantitative estimate of drug-likeness (QED) is 0.556. The minimum Gasteiger partial charge on any atom is -0.274 e. The fourth-order valence-electron chi connectivity index (χ4n) is 0.971. The van der Waals surface area contributed by atoms with Gasteiger partial charge in [0.05, 0.1) is 0 Å². The van der Waals surface area contributed by atoms with Crippen LogP contribution in [0.15, 0.2) is 12.3 Å². The molecule has 0 bridgehead atoms. The SMILES string of the molecule is CCC=CN1C(=O)CCC1=O. The summed E-state index contributed by atoms with van der Waals surface area (Å²) in [5, 5.41) is 0. The summed E-state index contributed by atoms with van der Waals surface area (Å²) in [7, 11) is 0. The van der Waals surface area contributed by atoms with Crippen LogP contribution in [0.25, 0.3) is 0 Å². The number of carbonyl (C=O) groups excluding carboxylic acids is 2. The van der Waals surface area contributed by atoms with E-state index in [-0.39, 0.29) is 11.8 Å². The molecule has 0 saturated carbocycles. The summed E-state index contributed by atoms with van der Waals surface area (Å²) in [6, 6.07) is 0. The maximum absolute atomic E-state index is 10.9. The van der Waals surface area contributed by atoms with Crippen molar-refractivity contribution in [2.24, 2.45) is 0 Å². The van der Waals surface area contributed by atoms with Gasteiger partial charge in [-0.25, -0.2) is 0 Å². The third kappa shape index (κ3) is 1.67. The lowest BCUT2D eigenvalue weighted by atomic mass is 10.4. The van der Waals surface area contributed by atoms with Gasteiger partial charge in [-0.05, 0) is 6.42 Å². The topological polar surface area (TPSA) is 37.4 Å². The molecule has 3 nitrogen and oxygen atoms in total. The van der Waals surface area contributed by atoms with Gasteiger partial charge in [0.15, 0.2) is 0 Å². The Morgan fingerprint density at radius 2 is 1.91 bits per heavy atom. The fourth-order valence-corrected chi connectivity index (χ4v) is 0.971. The van der Waals surface area contributed by atoms with Gasteiger partial charge in [0.25, 0.3) is 0 Å². The van der Waals surface area contributed by atoms with Gasteiger partial charge in [0.2, 0.25) is 11.8 Å². The predicted molar refractivity (Wildman–Crippen MR) is 40.5 cm³/mol. The van der Waals surface area contributed by atoms with E-state index in [9.17, 15) is 9.59 Å². The molecule has 0 aromatic heterocycles. The van der Waals surface area contributed by atoms with Gasteiger partial charge in [-0.2, -0.15) is 0 Å². The van der Waals surface area contributed by atoms with Crippen molar-refractivity contribution in [3.8, 4) is 0 Å². The van der Waals surface area contributed by atoms with Crippen LogP contribution in [0.1, 0.15) is 26.2 Å². The van der Waals surface area contributed by atoms with E-state index in [0.717, 1.165) is 6.42 Å². The van der Waals surface area contributed by atoms with Crippen molar-refractivity contribution >= 4 is 11.8 Å². The Kier molecular flexibility index (Phi) is 2.41. The summed E-state index contributed by atoms with van der Waals surface area (Å²) in [5.74, 6) is -0.167. The van der Waals surface area contributed by atoms with Gasteiger partial charge in [-0.15, -0.1) is 0 Å². The molecule has 1 fully saturated rings. The van der Waals surface area contributed by atoms with Crippen molar-refractivity contribution in [3.05, 3.63) is 12.3 Å². The second-order valence-corrected chi connectivity index (χ2v) is 2.45. The van der Waals surface area contributed by atoms with Crippen LogP contribution < -0.4 is 0 Å². The molecule has 0 unspecified atom stereocenters. The number of allylic oxidation sites excluding steroid dienone is 1. The molecule has 11 heavy (non-hydrogen) atoms. The lowest BCUT2D eigenvalue weighted by Gasteiger charge is -2.05. The summed E-state index contributed by atoms with van der Waals surface area (Å²) in [6.45, 7) is 1.96. The molecule has 0 spiro atoms. The molecule has 0 aliphatic carbocycles. The number of likely N-dealkylation sites (tertiary alicyclic amines) is 1. The molecular weight excluding hydrogens is 142 g/mol. The zero-order valence-electron chi connectivity index (χ0n) is 6.54. The standard InChI is InChI=1S/C8H11NO2/c1-2-3-6-9-7(10)4-5-8(9)11/h3,6H,2,4-5H2,1H3. The normalized spacial score (nSPS) is 18.8. The third-order valence-corrected chi connectivity index (χ3v) is 1.58. The van der Waals surface area contributed by atoms with E-state index in [1.165, 1.54) is 4.90 Å². The smallest absolute Gasteiger partial charge is 0.233 e. The van der Waals surface area contributed by atoms with Crippen LogP contribution in [-0.2, 0) is 9.59 Å². The number of rotatable bonds is 2. The monoisotopic (exact) mass is 153 g/mol. The van der Waals surface area contributed by atoms with Crippen molar-refractivity contribution in [2.75, 3.05) is 0 Å². The summed E-state index contributed by atoms with van der Waals surface area (Å²) in [6.07, 6.45) is 4.95. The molecule has 1 rings (SSSR count). The Bertz CT molecular complexity index is 192. The number of amides is 2. The largest absolute Gasteiger partial charge is 0.274 e. The highest BCUT2D eigenvalue weighted by Crippen LogP contribution is 2.11. The summed E-state index contributed by atoms with van der Waals surface area (Å²) >= 11 is 0. The molecule has 0 radical (unpaired) electrons. The average Bonchev–Trinajstić information content (AvgIpc) is 2.29. The van der Waals surface area contributed by atoms with Gasteiger partial charge in [0, 0.05) is 19.0 Å². The van der Waals surface area contributed by atoms with Gasteiger partial charge < -0.3 is 0 Å². The Morgan fingerprint density at radius 3 is 2.36 bits per heavy atom. The highest BCUT2D eigenvalue weighted by molar-refractivity contribution is 6.02. The number of hydrogen-bond donors (Lipinski definition) is 0. The van der Waals surface area contributed by atoms with E-state index < -0.39 is 0 Å². The first-order chi connectivity index (χ1) is 5.25. The lowest BCUT2D eigenvalue weighted by molar-refractivity contribution is -0.135. The molecule has 2 amide bonds. The van der Waals surface area contributed by atoms with Crippen LogP contribution in [0.5, 0.6) is 0 Å². The average molecular weight is 153 g/mol. The molecular formula is C8H11NO2. The molecule has 1 heterocycles. The summed E-state index contributed by atoms with van der Waals surface area (Å²) in [4.78, 5) is 23.1. The number of hydrogen-bond acceptors (Lipinski definition) is 2. The van der Waals surface area contributed by atoms with E-state index in [1.54, 1.807) is 12.3 Å². The molecule has 0 N–H and O–H groups in total. The van der Waals surface area contributed by atoms with E-state index in [0.29, 0.717) is 12.8 Å². The Labute approximate surface area is 65.7 Å². The molecule has 0 atom stereocenters. The molecule has 0 aromatic rings. The van der Waals surface area contributed by atoms with Crippen LogP contribution >= 0.6 is 0 Å². The first kappa shape index (κ1) is 7.98. The molecule has 0 aromatic carbocycles. The van der Waals surface area contributed by atoms with Crippen molar-refractivity contribution in [1.29, 1.82) is 0 Å². The Balaban J connectivity index is 2.61. The predicted octanol–water partition coefficient (Wildman–Crippen LogP) is 1.06. The summed E-state index contributed by atoms with van der Waals surface area (Å²) < 4.78 is 0. The van der Waals surface area contributed by atoms with Crippen LogP contribution in [0, 0.1) is 0 Å². The second kappa shape index (κ2) is 3.32. The number of nitrogens with zero attached hydrogens (tertiary/aromatic N) is 1. The van der Waals surface area contributed by atoms with E-state index in [4.69, 9.17) is 0 Å². The van der Waals surface area contributed by atoms with Gasteiger partial charge >= 0.3 is 0 Å². The van der Waals surface area contributed by atoms with Crippen LogP contribution in [0.2, 0.25) is 0 Å². The zero-order valence-corrected chi connectivity index (χ0v) is 6.54.